The molecule has 0 saturated carbocycles. The first kappa shape index (κ1) is 13.3. The third-order valence-electron chi connectivity index (χ3n) is 2.69. The Morgan fingerprint density at radius 3 is 3.06 bits per heavy atom. The molecule has 1 saturated heterocycles. The number of sulfone groups is 1. The number of nitrogens with zero attached hydrogens (tertiary/aromatic N) is 1. The van der Waals surface area contributed by atoms with E-state index in [1.807, 2.05) is 0 Å². The molecular formula is C10H14N2O4S2. The predicted octanol–water partition coefficient (Wildman–Crippen LogP) is 0.919. The van der Waals surface area contributed by atoms with Gasteiger partial charge in [0.1, 0.15) is 0 Å². The second kappa shape index (κ2) is 5.23. The van der Waals surface area contributed by atoms with Crippen molar-refractivity contribution in [1.82, 2.24) is 4.98 Å². The molecule has 1 unspecified atom stereocenters. The maximum absolute atomic E-state index is 11.5. The number of carbonyl (C=O) groups excluding carboxylic acids is 1. The fourth-order valence-electron chi connectivity index (χ4n) is 1.85. The maximum atomic E-state index is 11.5. The zero-order valence-electron chi connectivity index (χ0n) is 9.88. The van der Waals surface area contributed by atoms with Crippen LogP contribution in [0.4, 0.5) is 5.13 Å². The lowest BCUT2D eigenvalue weighted by Gasteiger charge is -2.22. The van der Waals surface area contributed by atoms with Crippen LogP contribution in [0, 0.1) is 0 Å². The average Bonchev–Trinajstić information content (AvgIpc) is 2.75. The van der Waals surface area contributed by atoms with Crippen LogP contribution >= 0.6 is 11.3 Å². The number of carbonyl (C=O) groups is 1. The topological polar surface area (TPSA) is 85.4 Å². The maximum Gasteiger partial charge on any atom is 0.357 e. The summed E-state index contributed by atoms with van der Waals surface area (Å²) in [7, 11) is -1.65. The van der Waals surface area contributed by atoms with Gasteiger partial charge in [0.05, 0.1) is 18.6 Å². The molecule has 2 rings (SSSR count). The summed E-state index contributed by atoms with van der Waals surface area (Å²) in [6.07, 6.45) is 1.46. The molecule has 1 aromatic heterocycles. The van der Waals surface area contributed by atoms with Gasteiger partial charge in [0.25, 0.3) is 0 Å². The molecule has 0 bridgehead atoms. The van der Waals surface area contributed by atoms with Crippen LogP contribution in [0.5, 0.6) is 0 Å². The number of ether oxygens (including phenoxy) is 1. The minimum atomic E-state index is -2.94. The molecule has 0 spiro atoms. The molecule has 6 nitrogen and oxygen atoms in total. The van der Waals surface area contributed by atoms with Crippen molar-refractivity contribution in [2.75, 3.05) is 23.9 Å². The molecule has 1 aromatic rings. The fraction of sp³-hybridized carbons (Fsp3) is 0.600. The van der Waals surface area contributed by atoms with Crippen molar-refractivity contribution in [3.05, 3.63) is 11.1 Å². The quantitative estimate of drug-likeness (QED) is 0.833. The van der Waals surface area contributed by atoms with Gasteiger partial charge >= 0.3 is 5.97 Å². The van der Waals surface area contributed by atoms with Gasteiger partial charge in [-0.05, 0) is 12.8 Å². The second-order valence-electron chi connectivity index (χ2n) is 4.13. The number of nitrogens with one attached hydrogen (secondary N) is 1. The Morgan fingerprint density at radius 1 is 1.61 bits per heavy atom. The Labute approximate surface area is 109 Å². The van der Waals surface area contributed by atoms with E-state index in [9.17, 15) is 13.2 Å². The highest BCUT2D eigenvalue weighted by molar-refractivity contribution is 7.91. The summed E-state index contributed by atoms with van der Waals surface area (Å²) in [5, 5.41) is 5.20. The van der Waals surface area contributed by atoms with Crippen molar-refractivity contribution < 1.29 is 17.9 Å². The minimum absolute atomic E-state index is 0.125. The van der Waals surface area contributed by atoms with E-state index in [0.717, 1.165) is 6.42 Å². The SMILES string of the molecule is COC(=O)c1csc(NC2CCCS(=O)(=O)C2)n1. The summed E-state index contributed by atoms with van der Waals surface area (Å²) in [6.45, 7) is 0. The van der Waals surface area contributed by atoms with Gasteiger partial charge in [-0.15, -0.1) is 11.3 Å². The van der Waals surface area contributed by atoms with Crippen LogP contribution in [-0.4, -0.2) is 44.0 Å². The standard InChI is InChI=1S/C10H14N2O4S2/c1-16-9(13)8-5-17-10(12-8)11-7-3-2-4-18(14,15)6-7/h5,7H,2-4,6H2,1H3,(H,11,12). The first-order chi connectivity index (χ1) is 8.50. The monoisotopic (exact) mass is 290 g/mol. The smallest absolute Gasteiger partial charge is 0.357 e. The summed E-state index contributed by atoms with van der Waals surface area (Å²) >= 11 is 1.27. The first-order valence-corrected chi connectivity index (χ1v) is 8.21. The highest BCUT2D eigenvalue weighted by atomic mass is 32.2. The molecule has 8 heteroatoms. The van der Waals surface area contributed by atoms with Gasteiger partial charge in [-0.2, -0.15) is 0 Å². The molecule has 0 aromatic carbocycles. The predicted molar refractivity (Wildman–Crippen MR) is 68.8 cm³/mol. The van der Waals surface area contributed by atoms with Crippen molar-refractivity contribution in [3.8, 4) is 0 Å². The number of hydrogen-bond acceptors (Lipinski definition) is 7. The van der Waals surface area contributed by atoms with Crippen LogP contribution in [0.25, 0.3) is 0 Å². The summed E-state index contributed by atoms with van der Waals surface area (Å²) in [5.41, 5.74) is 0.240. The highest BCUT2D eigenvalue weighted by Crippen LogP contribution is 2.21. The van der Waals surface area contributed by atoms with Crippen LogP contribution in [0.1, 0.15) is 23.3 Å². The molecule has 0 radical (unpaired) electrons. The van der Waals surface area contributed by atoms with Gasteiger partial charge in [-0.25, -0.2) is 18.2 Å². The Morgan fingerprint density at radius 2 is 2.39 bits per heavy atom. The summed E-state index contributed by atoms with van der Waals surface area (Å²) in [6, 6.07) is -0.125. The third-order valence-corrected chi connectivity index (χ3v) is 5.28. The number of hydrogen-bond donors (Lipinski definition) is 1. The molecule has 1 N–H and O–H groups in total. The number of anilines is 1. The zero-order chi connectivity index (χ0) is 13.2. The average molecular weight is 290 g/mol. The van der Waals surface area contributed by atoms with E-state index >= 15 is 0 Å². The van der Waals surface area contributed by atoms with Crippen molar-refractivity contribution in [1.29, 1.82) is 0 Å². The van der Waals surface area contributed by atoms with Gasteiger partial charge in [0.2, 0.25) is 0 Å². The van der Waals surface area contributed by atoms with Crippen LogP contribution in [-0.2, 0) is 14.6 Å². The highest BCUT2D eigenvalue weighted by Gasteiger charge is 2.25. The van der Waals surface area contributed by atoms with E-state index in [-0.39, 0.29) is 23.2 Å². The number of aromatic nitrogens is 1. The van der Waals surface area contributed by atoms with Crippen molar-refractivity contribution >= 4 is 32.3 Å². The van der Waals surface area contributed by atoms with E-state index in [1.54, 1.807) is 5.38 Å². The minimum Gasteiger partial charge on any atom is -0.464 e. The fourth-order valence-corrected chi connectivity index (χ4v) is 4.24. The zero-order valence-corrected chi connectivity index (χ0v) is 11.5. The lowest BCUT2D eigenvalue weighted by Crippen LogP contribution is -2.34. The van der Waals surface area contributed by atoms with E-state index in [1.165, 1.54) is 18.4 Å². The van der Waals surface area contributed by atoms with Gasteiger partial charge in [0.15, 0.2) is 20.7 Å². The van der Waals surface area contributed by atoms with Crippen molar-refractivity contribution in [3.63, 3.8) is 0 Å². The lowest BCUT2D eigenvalue weighted by atomic mass is 10.2. The van der Waals surface area contributed by atoms with Gasteiger partial charge in [-0.1, -0.05) is 0 Å². The van der Waals surface area contributed by atoms with Crippen LogP contribution in [0.15, 0.2) is 5.38 Å². The van der Waals surface area contributed by atoms with E-state index < -0.39 is 15.8 Å². The molecular weight excluding hydrogens is 276 g/mol. The number of rotatable bonds is 3. The Hall–Kier alpha value is -1.15. The molecule has 1 aliphatic heterocycles. The van der Waals surface area contributed by atoms with Crippen molar-refractivity contribution in [2.45, 2.75) is 18.9 Å². The summed E-state index contributed by atoms with van der Waals surface area (Å²) in [5.74, 6) is -0.105. The Bertz CT molecular complexity index is 538. The van der Waals surface area contributed by atoms with Crippen molar-refractivity contribution in [2.24, 2.45) is 0 Å². The molecule has 0 aliphatic carbocycles. The third kappa shape index (κ3) is 3.20. The van der Waals surface area contributed by atoms with E-state index in [2.05, 4.69) is 15.0 Å². The first-order valence-electron chi connectivity index (χ1n) is 5.51. The molecule has 1 atom stereocenters. The summed E-state index contributed by atoms with van der Waals surface area (Å²) < 4.78 is 27.5. The second-order valence-corrected chi connectivity index (χ2v) is 7.21. The Balaban J connectivity index is 2.01. The number of thiazole rings is 1. The molecule has 100 valence electrons. The normalized spacial score (nSPS) is 22.4. The molecule has 1 aliphatic rings. The van der Waals surface area contributed by atoms with Crippen LogP contribution in [0.2, 0.25) is 0 Å². The largest absolute Gasteiger partial charge is 0.464 e. The summed E-state index contributed by atoms with van der Waals surface area (Å²) in [4.78, 5) is 15.3. The van der Waals surface area contributed by atoms with Crippen LogP contribution < -0.4 is 5.32 Å². The lowest BCUT2D eigenvalue weighted by molar-refractivity contribution is 0.0595. The Kier molecular flexibility index (Phi) is 3.86. The van der Waals surface area contributed by atoms with Gasteiger partial charge in [0, 0.05) is 11.4 Å². The molecule has 1 fully saturated rings. The number of methoxy groups -OCH3 is 1. The number of esters is 1. The van der Waals surface area contributed by atoms with Gasteiger partial charge in [-0.3, -0.25) is 0 Å². The molecule has 2 heterocycles. The van der Waals surface area contributed by atoms with Gasteiger partial charge < -0.3 is 10.1 Å². The van der Waals surface area contributed by atoms with Crippen LogP contribution in [0.3, 0.4) is 0 Å². The van der Waals surface area contributed by atoms with E-state index in [0.29, 0.717) is 11.6 Å². The van der Waals surface area contributed by atoms with E-state index in [4.69, 9.17) is 0 Å². The molecule has 0 amide bonds. The molecule has 18 heavy (non-hydrogen) atoms.